The van der Waals surface area contributed by atoms with Crippen LogP contribution >= 0.6 is 0 Å². The van der Waals surface area contributed by atoms with Crippen molar-refractivity contribution in [2.45, 2.75) is 64.1 Å². The summed E-state index contributed by atoms with van der Waals surface area (Å²) in [7, 11) is 0. The van der Waals surface area contributed by atoms with Gasteiger partial charge in [-0.25, -0.2) is 8.78 Å². The average Bonchev–Trinajstić information content (AvgIpc) is 2.66. The molecule has 0 radical (unpaired) electrons. The summed E-state index contributed by atoms with van der Waals surface area (Å²) in [5.74, 6) is -1.13. The highest BCUT2D eigenvalue weighted by atomic mass is 19.4. The fourth-order valence-corrected chi connectivity index (χ4v) is 4.80. The lowest BCUT2D eigenvalue weighted by atomic mass is 9.79. The van der Waals surface area contributed by atoms with Crippen LogP contribution in [0.5, 0.6) is 5.75 Å². The zero-order chi connectivity index (χ0) is 21.6. The highest BCUT2D eigenvalue weighted by Gasteiger charge is 2.47. The summed E-state index contributed by atoms with van der Waals surface area (Å²) in [4.78, 5) is 0. The van der Waals surface area contributed by atoms with Gasteiger partial charge in [-0.15, -0.1) is 0 Å². The van der Waals surface area contributed by atoms with E-state index >= 15 is 0 Å². The van der Waals surface area contributed by atoms with Gasteiger partial charge in [-0.1, -0.05) is 32.8 Å². The van der Waals surface area contributed by atoms with Gasteiger partial charge in [0.15, 0.2) is 6.10 Å². The second kappa shape index (κ2) is 7.86. The van der Waals surface area contributed by atoms with Crippen LogP contribution in [0.25, 0.3) is 11.1 Å². The number of alkyl halides is 3. The smallest absolute Gasteiger partial charge is 0.425 e. The Balaban J connectivity index is 1.63. The molecule has 0 N–H and O–H groups in total. The second-order valence-corrected chi connectivity index (χ2v) is 8.90. The molecule has 1 aliphatic carbocycles. The Morgan fingerprint density at radius 3 is 2.13 bits per heavy atom. The van der Waals surface area contributed by atoms with Crippen LogP contribution in [0.4, 0.5) is 22.0 Å². The zero-order valence-corrected chi connectivity index (χ0v) is 17.0. The fourth-order valence-electron chi connectivity index (χ4n) is 4.80. The van der Waals surface area contributed by atoms with E-state index in [0.717, 1.165) is 25.7 Å². The predicted molar refractivity (Wildman–Crippen MR) is 106 cm³/mol. The third kappa shape index (κ3) is 4.06. The first kappa shape index (κ1) is 21.1. The van der Waals surface area contributed by atoms with Crippen molar-refractivity contribution >= 4 is 0 Å². The van der Waals surface area contributed by atoms with Gasteiger partial charge >= 0.3 is 6.18 Å². The molecule has 4 rings (SSSR count). The molecular formula is C24H25F5O. The van der Waals surface area contributed by atoms with E-state index in [0.29, 0.717) is 22.6 Å². The molecule has 2 aromatic carbocycles. The van der Waals surface area contributed by atoms with E-state index in [1.165, 1.54) is 31.2 Å². The SMILES string of the molecule is CC1CCC(c2cc(F)c(-c3ccc4c(c3)CC(C)C(C(F)(F)F)O4)c(F)c2)CC1. The summed E-state index contributed by atoms with van der Waals surface area (Å²) < 4.78 is 74.4. The van der Waals surface area contributed by atoms with Crippen molar-refractivity contribution in [1.29, 1.82) is 0 Å². The lowest BCUT2D eigenvalue weighted by molar-refractivity contribution is -0.211. The van der Waals surface area contributed by atoms with E-state index in [1.807, 2.05) is 0 Å². The third-order valence-electron chi connectivity index (χ3n) is 6.54. The molecule has 30 heavy (non-hydrogen) atoms. The van der Waals surface area contributed by atoms with Gasteiger partial charge in [-0.3, -0.25) is 0 Å². The van der Waals surface area contributed by atoms with Crippen molar-refractivity contribution in [1.82, 2.24) is 0 Å². The zero-order valence-electron chi connectivity index (χ0n) is 17.0. The average molecular weight is 424 g/mol. The van der Waals surface area contributed by atoms with Gasteiger partial charge in [-0.2, -0.15) is 13.2 Å². The molecular weight excluding hydrogens is 399 g/mol. The van der Waals surface area contributed by atoms with Gasteiger partial charge in [0.05, 0.1) is 5.56 Å². The number of hydrogen-bond acceptors (Lipinski definition) is 1. The molecule has 0 amide bonds. The molecule has 0 aromatic heterocycles. The lowest BCUT2D eigenvalue weighted by Crippen LogP contribution is -2.43. The predicted octanol–water partition coefficient (Wildman–Crippen LogP) is 7.43. The quantitative estimate of drug-likeness (QED) is 0.456. The molecule has 1 fully saturated rings. The third-order valence-corrected chi connectivity index (χ3v) is 6.54. The van der Waals surface area contributed by atoms with Crippen LogP contribution in [0.3, 0.4) is 0 Å². The second-order valence-electron chi connectivity index (χ2n) is 8.90. The molecule has 0 spiro atoms. The van der Waals surface area contributed by atoms with Gasteiger partial charge in [0.1, 0.15) is 17.4 Å². The number of fused-ring (bicyclic) bond motifs is 1. The van der Waals surface area contributed by atoms with Crippen LogP contribution < -0.4 is 4.74 Å². The summed E-state index contributed by atoms with van der Waals surface area (Å²) in [5, 5.41) is 0. The number of ether oxygens (including phenoxy) is 1. The first-order valence-corrected chi connectivity index (χ1v) is 10.5. The van der Waals surface area contributed by atoms with Crippen molar-refractivity contribution in [3.63, 3.8) is 0 Å². The molecule has 1 aliphatic heterocycles. The van der Waals surface area contributed by atoms with Crippen molar-refractivity contribution in [2.75, 3.05) is 0 Å². The summed E-state index contributed by atoms with van der Waals surface area (Å²) in [6, 6.07) is 7.17. The highest BCUT2D eigenvalue weighted by Crippen LogP contribution is 2.41. The molecule has 2 atom stereocenters. The van der Waals surface area contributed by atoms with Gasteiger partial charge in [0.25, 0.3) is 0 Å². The minimum atomic E-state index is -4.46. The van der Waals surface area contributed by atoms with Gasteiger partial charge in [0.2, 0.25) is 0 Å². The van der Waals surface area contributed by atoms with Crippen molar-refractivity contribution in [2.24, 2.45) is 11.8 Å². The molecule has 1 saturated carbocycles. The Morgan fingerprint density at radius 2 is 1.53 bits per heavy atom. The Kier molecular flexibility index (Phi) is 5.54. The van der Waals surface area contributed by atoms with Crippen LogP contribution in [0, 0.1) is 23.5 Å². The van der Waals surface area contributed by atoms with Crippen molar-refractivity contribution < 1.29 is 26.7 Å². The highest BCUT2D eigenvalue weighted by molar-refractivity contribution is 5.68. The summed E-state index contributed by atoms with van der Waals surface area (Å²) in [5.41, 5.74) is 1.39. The number of halogens is 5. The van der Waals surface area contributed by atoms with Crippen molar-refractivity contribution in [3.05, 3.63) is 53.1 Å². The maximum absolute atomic E-state index is 14.9. The number of hydrogen-bond donors (Lipinski definition) is 0. The first-order chi connectivity index (χ1) is 14.1. The Labute approximate surface area is 173 Å². The largest absolute Gasteiger partial charge is 0.480 e. The van der Waals surface area contributed by atoms with E-state index < -0.39 is 29.8 Å². The van der Waals surface area contributed by atoms with E-state index in [9.17, 15) is 22.0 Å². The van der Waals surface area contributed by atoms with Crippen molar-refractivity contribution in [3.8, 4) is 16.9 Å². The molecule has 1 heterocycles. The van der Waals surface area contributed by atoms with E-state index in [1.54, 1.807) is 6.07 Å². The molecule has 0 bridgehead atoms. The molecule has 0 saturated heterocycles. The first-order valence-electron chi connectivity index (χ1n) is 10.5. The fraction of sp³-hybridized carbons (Fsp3) is 0.500. The van der Waals surface area contributed by atoms with Gasteiger partial charge in [-0.05, 0) is 72.1 Å². The minimum absolute atomic E-state index is 0.118. The number of rotatable bonds is 2. The molecule has 2 aliphatic rings. The standard InChI is InChI=1S/C24H25F5O/c1-13-3-5-15(6-4-13)17-11-19(25)22(20(26)12-17)16-7-8-21-18(10-16)9-14(2)23(30-21)24(27,28)29/h7-8,10-15,23H,3-6,9H2,1-2H3. The minimum Gasteiger partial charge on any atom is -0.480 e. The molecule has 162 valence electrons. The maximum Gasteiger partial charge on any atom is 0.425 e. The maximum atomic E-state index is 14.9. The lowest BCUT2D eigenvalue weighted by Gasteiger charge is -2.33. The van der Waals surface area contributed by atoms with Crippen LogP contribution in [0.15, 0.2) is 30.3 Å². The topological polar surface area (TPSA) is 9.23 Å². The van der Waals surface area contributed by atoms with Crippen LogP contribution in [-0.2, 0) is 6.42 Å². The Hall–Kier alpha value is -2.11. The summed E-state index contributed by atoms with van der Waals surface area (Å²) in [6.45, 7) is 3.66. The molecule has 6 heteroatoms. The van der Waals surface area contributed by atoms with E-state index in [4.69, 9.17) is 4.74 Å². The van der Waals surface area contributed by atoms with Gasteiger partial charge in [0, 0.05) is 5.92 Å². The number of benzene rings is 2. The van der Waals surface area contributed by atoms with E-state index in [-0.39, 0.29) is 23.7 Å². The molecule has 2 aromatic rings. The monoisotopic (exact) mass is 424 g/mol. The summed E-state index contributed by atoms with van der Waals surface area (Å²) >= 11 is 0. The Bertz CT molecular complexity index is 905. The molecule has 1 nitrogen and oxygen atoms in total. The van der Waals surface area contributed by atoms with E-state index in [2.05, 4.69) is 6.92 Å². The van der Waals surface area contributed by atoms with Crippen LogP contribution in [0.1, 0.15) is 56.6 Å². The van der Waals surface area contributed by atoms with Gasteiger partial charge < -0.3 is 4.74 Å². The van der Waals surface area contributed by atoms with Crippen LogP contribution in [0.2, 0.25) is 0 Å². The Morgan fingerprint density at radius 1 is 0.900 bits per heavy atom. The van der Waals surface area contributed by atoms with Crippen LogP contribution in [-0.4, -0.2) is 12.3 Å². The summed E-state index contributed by atoms with van der Waals surface area (Å²) in [6.07, 6.45) is -2.24. The normalized spacial score (nSPS) is 26.8. The molecule has 2 unspecified atom stereocenters.